The lowest BCUT2D eigenvalue weighted by molar-refractivity contribution is -0.143. The minimum Gasteiger partial charge on any atom is -0.481 e. The Balaban J connectivity index is 2.26. The van der Waals surface area contributed by atoms with E-state index in [1.54, 1.807) is 0 Å². The van der Waals surface area contributed by atoms with Crippen molar-refractivity contribution in [1.82, 2.24) is 0 Å². The van der Waals surface area contributed by atoms with Gasteiger partial charge in [-0.25, -0.2) is 0 Å². The van der Waals surface area contributed by atoms with Crippen LogP contribution in [0.25, 0.3) is 0 Å². The summed E-state index contributed by atoms with van der Waals surface area (Å²) in [5.41, 5.74) is 1.25. The lowest BCUT2D eigenvalue weighted by Crippen LogP contribution is -2.18. The van der Waals surface area contributed by atoms with Gasteiger partial charge in [0.15, 0.2) is 0 Å². The monoisotopic (exact) mass is 200 g/mol. The number of carboxylic acid groups (broad SMARTS) is 1. The van der Waals surface area contributed by atoms with E-state index in [9.17, 15) is 4.79 Å². The predicted molar refractivity (Wildman–Crippen MR) is 57.4 cm³/mol. The largest absolute Gasteiger partial charge is 0.481 e. The topological polar surface area (TPSA) is 37.3 Å². The molecule has 0 unspecified atom stereocenters. The van der Waals surface area contributed by atoms with Crippen molar-refractivity contribution in [3.8, 4) is 12.3 Å². The SMILES string of the molecule is C#Cc1ccccc1CC1(C(=O)O)CC1. The van der Waals surface area contributed by atoms with E-state index in [2.05, 4.69) is 5.92 Å². The highest BCUT2D eigenvalue weighted by atomic mass is 16.4. The number of rotatable bonds is 3. The van der Waals surface area contributed by atoms with Crippen molar-refractivity contribution in [2.45, 2.75) is 19.3 Å². The van der Waals surface area contributed by atoms with Gasteiger partial charge in [-0.2, -0.15) is 0 Å². The number of benzene rings is 1. The van der Waals surface area contributed by atoms with Gasteiger partial charge in [0.2, 0.25) is 0 Å². The minimum absolute atomic E-state index is 0.535. The molecule has 2 rings (SSSR count). The molecule has 0 atom stereocenters. The molecule has 0 aromatic heterocycles. The van der Waals surface area contributed by atoms with Gasteiger partial charge in [0, 0.05) is 5.56 Å². The van der Waals surface area contributed by atoms with Crippen LogP contribution in [0.1, 0.15) is 24.0 Å². The molecule has 0 aliphatic heterocycles. The standard InChI is InChI=1S/C13H12O2/c1-2-10-5-3-4-6-11(10)9-13(7-8-13)12(14)15/h1,3-6H,7-9H2,(H,14,15). The van der Waals surface area contributed by atoms with Crippen molar-refractivity contribution in [1.29, 1.82) is 0 Å². The first kappa shape index (κ1) is 9.79. The van der Waals surface area contributed by atoms with E-state index in [4.69, 9.17) is 11.5 Å². The first-order chi connectivity index (χ1) is 7.18. The normalized spacial score (nSPS) is 16.7. The fourth-order valence-corrected chi connectivity index (χ4v) is 1.80. The van der Waals surface area contributed by atoms with Gasteiger partial charge in [-0.15, -0.1) is 6.42 Å². The first-order valence-electron chi connectivity index (χ1n) is 4.96. The maximum absolute atomic E-state index is 11.0. The fraction of sp³-hybridized carbons (Fsp3) is 0.308. The van der Waals surface area contributed by atoms with Crippen molar-refractivity contribution in [3.05, 3.63) is 35.4 Å². The molecule has 1 fully saturated rings. The molecule has 1 aliphatic carbocycles. The lowest BCUT2D eigenvalue weighted by atomic mass is 9.93. The summed E-state index contributed by atoms with van der Waals surface area (Å²) in [7, 11) is 0. The van der Waals surface area contributed by atoms with Gasteiger partial charge >= 0.3 is 5.97 Å². The molecular weight excluding hydrogens is 188 g/mol. The minimum atomic E-state index is -0.700. The molecular formula is C13H12O2. The molecule has 1 aromatic rings. The van der Waals surface area contributed by atoms with Crippen molar-refractivity contribution in [2.75, 3.05) is 0 Å². The zero-order valence-corrected chi connectivity index (χ0v) is 8.36. The molecule has 0 spiro atoms. The Kier molecular flexibility index (Phi) is 2.24. The molecule has 76 valence electrons. The van der Waals surface area contributed by atoms with Crippen molar-refractivity contribution < 1.29 is 9.90 Å². The fourth-order valence-electron chi connectivity index (χ4n) is 1.80. The Bertz CT molecular complexity index is 436. The van der Waals surface area contributed by atoms with Crippen LogP contribution in [0, 0.1) is 17.8 Å². The zero-order valence-electron chi connectivity index (χ0n) is 8.36. The molecule has 1 aromatic carbocycles. The van der Waals surface area contributed by atoms with Gasteiger partial charge in [-0.1, -0.05) is 24.1 Å². The predicted octanol–water partition coefficient (Wildman–Crippen LogP) is 2.08. The quantitative estimate of drug-likeness (QED) is 0.758. The number of terminal acetylenes is 1. The van der Waals surface area contributed by atoms with Crippen LogP contribution in [-0.2, 0) is 11.2 Å². The summed E-state index contributed by atoms with van der Waals surface area (Å²) < 4.78 is 0. The van der Waals surface area contributed by atoms with Crippen LogP contribution in [0.15, 0.2) is 24.3 Å². The third-order valence-corrected chi connectivity index (χ3v) is 3.01. The molecule has 0 saturated heterocycles. The highest BCUT2D eigenvalue weighted by Crippen LogP contribution is 2.48. The highest BCUT2D eigenvalue weighted by Gasteiger charge is 2.50. The Morgan fingerprint density at radius 1 is 1.47 bits per heavy atom. The molecule has 1 saturated carbocycles. The molecule has 0 heterocycles. The summed E-state index contributed by atoms with van der Waals surface area (Å²) in [5, 5.41) is 9.08. The van der Waals surface area contributed by atoms with Gasteiger partial charge in [-0.3, -0.25) is 4.79 Å². The summed E-state index contributed by atoms with van der Waals surface area (Å²) in [5.74, 6) is 1.89. The van der Waals surface area contributed by atoms with Crippen LogP contribution in [0.3, 0.4) is 0 Å². The van der Waals surface area contributed by atoms with Crippen molar-refractivity contribution in [3.63, 3.8) is 0 Å². The van der Waals surface area contributed by atoms with E-state index in [0.717, 1.165) is 24.0 Å². The van der Waals surface area contributed by atoms with E-state index >= 15 is 0 Å². The van der Waals surface area contributed by atoms with E-state index in [0.29, 0.717) is 6.42 Å². The molecule has 15 heavy (non-hydrogen) atoms. The van der Waals surface area contributed by atoms with E-state index in [1.807, 2.05) is 24.3 Å². The zero-order chi connectivity index (χ0) is 10.9. The Morgan fingerprint density at radius 3 is 2.67 bits per heavy atom. The van der Waals surface area contributed by atoms with Crippen LogP contribution in [0.4, 0.5) is 0 Å². The maximum atomic E-state index is 11.0. The summed E-state index contributed by atoms with van der Waals surface area (Å²) in [6.45, 7) is 0. The smallest absolute Gasteiger partial charge is 0.309 e. The van der Waals surface area contributed by atoms with E-state index < -0.39 is 11.4 Å². The number of carbonyl (C=O) groups is 1. The van der Waals surface area contributed by atoms with E-state index in [-0.39, 0.29) is 0 Å². The average Bonchev–Trinajstić information content (AvgIpc) is 3.00. The Labute approximate surface area is 88.9 Å². The second-order valence-electron chi connectivity index (χ2n) is 4.06. The molecule has 1 aliphatic rings. The molecule has 2 heteroatoms. The van der Waals surface area contributed by atoms with Gasteiger partial charge in [0.1, 0.15) is 0 Å². The lowest BCUT2D eigenvalue weighted by Gasteiger charge is -2.10. The Hall–Kier alpha value is -1.75. The van der Waals surface area contributed by atoms with Crippen LogP contribution in [-0.4, -0.2) is 11.1 Å². The maximum Gasteiger partial charge on any atom is 0.309 e. The van der Waals surface area contributed by atoms with Gasteiger partial charge in [0.05, 0.1) is 5.41 Å². The highest BCUT2D eigenvalue weighted by molar-refractivity contribution is 5.78. The number of hydrogen-bond donors (Lipinski definition) is 1. The van der Waals surface area contributed by atoms with Gasteiger partial charge in [-0.05, 0) is 30.9 Å². The summed E-state index contributed by atoms with van der Waals surface area (Å²) >= 11 is 0. The summed E-state index contributed by atoms with van der Waals surface area (Å²) in [6.07, 6.45) is 7.46. The van der Waals surface area contributed by atoms with Crippen LogP contribution < -0.4 is 0 Å². The second kappa shape index (κ2) is 3.43. The number of carboxylic acids is 1. The summed E-state index contributed by atoms with van der Waals surface area (Å²) in [6, 6.07) is 7.54. The molecule has 0 radical (unpaired) electrons. The van der Waals surface area contributed by atoms with Crippen molar-refractivity contribution in [2.24, 2.45) is 5.41 Å². The Morgan fingerprint density at radius 2 is 2.13 bits per heavy atom. The second-order valence-corrected chi connectivity index (χ2v) is 4.06. The van der Waals surface area contributed by atoms with Gasteiger partial charge < -0.3 is 5.11 Å². The van der Waals surface area contributed by atoms with Crippen LogP contribution >= 0.6 is 0 Å². The average molecular weight is 200 g/mol. The van der Waals surface area contributed by atoms with Crippen molar-refractivity contribution >= 4 is 5.97 Å². The molecule has 2 nitrogen and oxygen atoms in total. The van der Waals surface area contributed by atoms with E-state index in [1.165, 1.54) is 0 Å². The van der Waals surface area contributed by atoms with Gasteiger partial charge in [0.25, 0.3) is 0 Å². The van der Waals surface area contributed by atoms with Crippen LogP contribution in [0.2, 0.25) is 0 Å². The third kappa shape index (κ3) is 1.73. The molecule has 0 amide bonds. The number of hydrogen-bond acceptors (Lipinski definition) is 1. The molecule has 0 bridgehead atoms. The number of aliphatic carboxylic acids is 1. The first-order valence-corrected chi connectivity index (χ1v) is 4.96. The summed E-state index contributed by atoms with van der Waals surface area (Å²) in [4.78, 5) is 11.0. The third-order valence-electron chi connectivity index (χ3n) is 3.01. The molecule has 1 N–H and O–H groups in total. The van der Waals surface area contributed by atoms with Crippen LogP contribution in [0.5, 0.6) is 0 Å².